The SMILES string of the molecule is CC(C)(C)[Si](C)(C)O[C@H]1C[C@@H](O)[C@@H](OCc2ccccc2)[C@H](OCc2ccccc2)[C@H]1OCc1ccccc1. The van der Waals surface area contributed by atoms with Crippen LogP contribution in [0.5, 0.6) is 0 Å². The van der Waals surface area contributed by atoms with Gasteiger partial charge in [-0.3, -0.25) is 0 Å². The highest BCUT2D eigenvalue weighted by Crippen LogP contribution is 2.41. The Balaban J connectivity index is 1.63. The second-order valence-corrected chi connectivity index (χ2v) is 16.8. The molecule has 0 amide bonds. The van der Waals surface area contributed by atoms with Crippen molar-refractivity contribution in [2.24, 2.45) is 0 Å². The zero-order valence-corrected chi connectivity index (χ0v) is 25.0. The quantitative estimate of drug-likeness (QED) is 0.264. The predicted octanol–water partition coefficient (Wildman–Crippen LogP) is 6.90. The Bertz CT molecular complexity index is 1120. The second kappa shape index (κ2) is 13.4. The zero-order valence-electron chi connectivity index (χ0n) is 24.0. The van der Waals surface area contributed by atoms with Crippen molar-refractivity contribution in [1.29, 1.82) is 0 Å². The molecule has 3 aromatic rings. The van der Waals surface area contributed by atoms with E-state index in [1.807, 2.05) is 78.9 Å². The zero-order chi connectivity index (χ0) is 27.9. The first kappa shape index (κ1) is 29.7. The standard InChI is InChI=1S/C33H44O5Si/c1-33(2,3)39(4,5)38-29-21-28(34)30(35-22-25-15-9-6-10-16-25)32(37-24-27-19-13-8-14-20-27)31(29)36-23-26-17-11-7-12-18-26/h6-20,28-32,34H,21-24H2,1-5H3/t28-,29+,30-,31+,32+/m1/s1. The first-order valence-corrected chi connectivity index (χ1v) is 16.9. The molecule has 0 bridgehead atoms. The normalized spacial score (nSPS) is 24.0. The Kier molecular flexibility index (Phi) is 10.2. The molecule has 4 rings (SSSR count). The summed E-state index contributed by atoms with van der Waals surface area (Å²) in [6, 6.07) is 30.3. The van der Waals surface area contributed by atoms with Crippen molar-refractivity contribution >= 4 is 8.32 Å². The number of benzene rings is 3. The van der Waals surface area contributed by atoms with Gasteiger partial charge in [0, 0.05) is 6.42 Å². The van der Waals surface area contributed by atoms with Gasteiger partial charge < -0.3 is 23.7 Å². The molecule has 1 aliphatic carbocycles. The van der Waals surface area contributed by atoms with Crippen molar-refractivity contribution in [3.63, 3.8) is 0 Å². The summed E-state index contributed by atoms with van der Waals surface area (Å²) in [6.07, 6.45) is -2.13. The summed E-state index contributed by atoms with van der Waals surface area (Å²) in [7, 11) is -2.17. The van der Waals surface area contributed by atoms with E-state index in [2.05, 4.69) is 46.0 Å². The summed E-state index contributed by atoms with van der Waals surface area (Å²) < 4.78 is 26.6. The van der Waals surface area contributed by atoms with Crippen LogP contribution in [-0.2, 0) is 38.5 Å². The van der Waals surface area contributed by atoms with E-state index in [0.717, 1.165) is 16.7 Å². The van der Waals surface area contributed by atoms with Gasteiger partial charge in [-0.15, -0.1) is 0 Å². The summed E-state index contributed by atoms with van der Waals surface area (Å²) in [4.78, 5) is 0. The fourth-order valence-corrected chi connectivity index (χ4v) is 6.03. The maximum Gasteiger partial charge on any atom is 0.192 e. The van der Waals surface area contributed by atoms with E-state index in [9.17, 15) is 5.11 Å². The molecule has 0 spiro atoms. The molecule has 0 heterocycles. The van der Waals surface area contributed by atoms with Crippen molar-refractivity contribution in [2.75, 3.05) is 0 Å². The maximum atomic E-state index is 11.5. The van der Waals surface area contributed by atoms with E-state index in [4.69, 9.17) is 18.6 Å². The smallest absolute Gasteiger partial charge is 0.192 e. The van der Waals surface area contributed by atoms with E-state index in [1.165, 1.54) is 0 Å². The van der Waals surface area contributed by atoms with Crippen LogP contribution in [0.15, 0.2) is 91.0 Å². The van der Waals surface area contributed by atoms with Crippen LogP contribution in [0.2, 0.25) is 18.1 Å². The molecule has 6 heteroatoms. The lowest BCUT2D eigenvalue weighted by Gasteiger charge is -2.48. The molecular formula is C33H44O5Si. The van der Waals surface area contributed by atoms with Gasteiger partial charge in [-0.05, 0) is 34.8 Å². The van der Waals surface area contributed by atoms with Crippen LogP contribution in [0.25, 0.3) is 0 Å². The van der Waals surface area contributed by atoms with Gasteiger partial charge in [0.15, 0.2) is 8.32 Å². The second-order valence-electron chi connectivity index (χ2n) is 12.0. The molecule has 0 unspecified atom stereocenters. The molecule has 5 nitrogen and oxygen atoms in total. The molecule has 0 saturated heterocycles. The van der Waals surface area contributed by atoms with E-state index < -0.39 is 32.7 Å². The molecule has 1 fully saturated rings. The number of rotatable bonds is 11. The van der Waals surface area contributed by atoms with Crippen LogP contribution < -0.4 is 0 Å². The van der Waals surface area contributed by atoms with Crippen molar-refractivity contribution in [2.45, 2.75) is 95.7 Å². The van der Waals surface area contributed by atoms with E-state index in [1.54, 1.807) is 0 Å². The van der Waals surface area contributed by atoms with Gasteiger partial charge in [0.1, 0.15) is 18.3 Å². The van der Waals surface area contributed by atoms with Crippen molar-refractivity contribution in [1.82, 2.24) is 0 Å². The molecule has 3 aromatic carbocycles. The van der Waals surface area contributed by atoms with E-state index in [-0.39, 0.29) is 11.1 Å². The minimum atomic E-state index is -2.17. The van der Waals surface area contributed by atoms with Crippen LogP contribution in [0, 0.1) is 0 Å². The highest BCUT2D eigenvalue weighted by Gasteiger charge is 2.50. The number of aliphatic hydroxyl groups is 1. The lowest BCUT2D eigenvalue weighted by molar-refractivity contribution is -0.228. The highest BCUT2D eigenvalue weighted by atomic mass is 28.4. The number of hydrogen-bond acceptors (Lipinski definition) is 5. The molecule has 0 aliphatic heterocycles. The molecule has 210 valence electrons. The van der Waals surface area contributed by atoms with Gasteiger partial charge in [0.25, 0.3) is 0 Å². The van der Waals surface area contributed by atoms with Crippen LogP contribution in [0.3, 0.4) is 0 Å². The third-order valence-electron chi connectivity index (χ3n) is 7.98. The molecular weight excluding hydrogens is 504 g/mol. The molecule has 5 atom stereocenters. The Morgan fingerprint density at radius 3 is 1.44 bits per heavy atom. The third-order valence-corrected chi connectivity index (χ3v) is 12.5. The molecule has 1 aliphatic rings. The summed E-state index contributed by atoms with van der Waals surface area (Å²) in [6.45, 7) is 12.4. The maximum absolute atomic E-state index is 11.5. The summed E-state index contributed by atoms with van der Waals surface area (Å²) >= 11 is 0. The molecule has 0 aromatic heterocycles. The Morgan fingerprint density at radius 2 is 1.03 bits per heavy atom. The van der Waals surface area contributed by atoms with Crippen molar-refractivity contribution in [3.05, 3.63) is 108 Å². The largest absolute Gasteiger partial charge is 0.411 e. The first-order chi connectivity index (χ1) is 18.6. The Labute approximate surface area is 235 Å². The average molecular weight is 549 g/mol. The van der Waals surface area contributed by atoms with E-state index >= 15 is 0 Å². The monoisotopic (exact) mass is 548 g/mol. The number of ether oxygens (including phenoxy) is 3. The first-order valence-electron chi connectivity index (χ1n) is 14.0. The van der Waals surface area contributed by atoms with E-state index in [0.29, 0.717) is 26.2 Å². The summed E-state index contributed by atoms with van der Waals surface area (Å²) in [5.41, 5.74) is 3.19. The van der Waals surface area contributed by atoms with Gasteiger partial charge in [-0.25, -0.2) is 0 Å². The fourth-order valence-electron chi connectivity index (χ4n) is 4.69. The van der Waals surface area contributed by atoms with Crippen molar-refractivity contribution < 1.29 is 23.7 Å². The lowest BCUT2D eigenvalue weighted by atomic mass is 9.86. The summed E-state index contributed by atoms with van der Waals surface area (Å²) in [5, 5.41) is 11.5. The van der Waals surface area contributed by atoms with Crippen LogP contribution in [0.4, 0.5) is 0 Å². The third kappa shape index (κ3) is 8.10. The van der Waals surface area contributed by atoms with Crippen LogP contribution in [0.1, 0.15) is 43.9 Å². The fraction of sp³-hybridized carbons (Fsp3) is 0.455. The van der Waals surface area contributed by atoms with Gasteiger partial charge in [-0.2, -0.15) is 0 Å². The van der Waals surface area contributed by atoms with Gasteiger partial charge in [0.2, 0.25) is 0 Å². The van der Waals surface area contributed by atoms with Gasteiger partial charge >= 0.3 is 0 Å². The number of aliphatic hydroxyl groups excluding tert-OH is 1. The minimum Gasteiger partial charge on any atom is -0.411 e. The molecule has 1 saturated carbocycles. The van der Waals surface area contributed by atoms with Crippen LogP contribution >= 0.6 is 0 Å². The van der Waals surface area contributed by atoms with Gasteiger partial charge in [0.05, 0.1) is 32.0 Å². The van der Waals surface area contributed by atoms with Crippen molar-refractivity contribution in [3.8, 4) is 0 Å². The molecule has 1 N–H and O–H groups in total. The molecule has 0 radical (unpaired) electrons. The Hall–Kier alpha value is -2.32. The van der Waals surface area contributed by atoms with Crippen LogP contribution in [-0.4, -0.2) is 43.9 Å². The number of hydrogen-bond donors (Lipinski definition) is 1. The average Bonchev–Trinajstić information content (AvgIpc) is 2.91. The topological polar surface area (TPSA) is 57.2 Å². The predicted molar refractivity (Wildman–Crippen MR) is 158 cm³/mol. The highest BCUT2D eigenvalue weighted by molar-refractivity contribution is 6.74. The lowest BCUT2D eigenvalue weighted by Crippen LogP contribution is -2.61. The minimum absolute atomic E-state index is 0.0168. The Morgan fingerprint density at radius 1 is 0.641 bits per heavy atom. The summed E-state index contributed by atoms with van der Waals surface area (Å²) in [5.74, 6) is 0. The molecule has 39 heavy (non-hydrogen) atoms. The van der Waals surface area contributed by atoms with Gasteiger partial charge in [-0.1, -0.05) is 112 Å².